The molecular formula is C93H182O17P2. The number of rotatable bonds is 92. The highest BCUT2D eigenvalue weighted by Crippen LogP contribution is 2.45. The third-order valence-electron chi connectivity index (χ3n) is 22.3. The Balaban J connectivity index is 5.23. The lowest BCUT2D eigenvalue weighted by Crippen LogP contribution is -2.30. The molecule has 19 heteroatoms. The van der Waals surface area contributed by atoms with Gasteiger partial charge in [-0.2, -0.15) is 0 Å². The van der Waals surface area contributed by atoms with Gasteiger partial charge in [0.15, 0.2) is 12.2 Å². The normalized spacial score (nSPS) is 13.9. The average Bonchev–Trinajstić information content (AvgIpc) is 0.903. The van der Waals surface area contributed by atoms with Crippen LogP contribution in [0.15, 0.2) is 0 Å². The summed E-state index contributed by atoms with van der Waals surface area (Å²) in [5, 5.41) is 10.7. The molecule has 0 aliphatic heterocycles. The van der Waals surface area contributed by atoms with E-state index in [9.17, 15) is 43.2 Å². The van der Waals surface area contributed by atoms with Gasteiger partial charge in [-0.25, -0.2) is 9.13 Å². The lowest BCUT2D eigenvalue weighted by atomic mass is 9.99. The van der Waals surface area contributed by atoms with Crippen LogP contribution >= 0.6 is 15.6 Å². The van der Waals surface area contributed by atoms with Gasteiger partial charge in [0, 0.05) is 25.7 Å². The summed E-state index contributed by atoms with van der Waals surface area (Å²) in [7, 11) is -9.94. The van der Waals surface area contributed by atoms with Gasteiger partial charge in [0.05, 0.1) is 26.4 Å². The molecule has 0 bridgehead atoms. The molecule has 0 aromatic carbocycles. The molecule has 0 saturated heterocycles. The smallest absolute Gasteiger partial charge is 0.462 e. The van der Waals surface area contributed by atoms with Crippen molar-refractivity contribution in [2.45, 2.75) is 522 Å². The lowest BCUT2D eigenvalue weighted by molar-refractivity contribution is -0.161. The first-order chi connectivity index (χ1) is 54.4. The first-order valence-electron chi connectivity index (χ1n) is 48.0. The molecule has 0 heterocycles. The van der Waals surface area contributed by atoms with Crippen molar-refractivity contribution >= 4 is 39.5 Å². The fourth-order valence-corrected chi connectivity index (χ4v) is 16.2. The number of hydrogen-bond acceptors (Lipinski definition) is 15. The molecule has 0 aromatic rings. The maximum absolute atomic E-state index is 13.2. The Bertz CT molecular complexity index is 2130. The van der Waals surface area contributed by atoms with E-state index in [1.165, 1.54) is 321 Å². The minimum Gasteiger partial charge on any atom is -0.462 e. The number of aliphatic hydroxyl groups excluding tert-OH is 1. The van der Waals surface area contributed by atoms with E-state index in [4.69, 9.17) is 37.0 Å². The van der Waals surface area contributed by atoms with Gasteiger partial charge in [0.25, 0.3) is 0 Å². The summed E-state index contributed by atoms with van der Waals surface area (Å²) in [5.41, 5.74) is 0. The highest BCUT2D eigenvalue weighted by atomic mass is 31.2. The number of aliphatic hydroxyl groups is 1. The van der Waals surface area contributed by atoms with Crippen LogP contribution in [0.1, 0.15) is 504 Å². The Hall–Kier alpha value is -1.94. The van der Waals surface area contributed by atoms with E-state index in [-0.39, 0.29) is 25.7 Å². The Labute approximate surface area is 689 Å². The molecule has 0 amide bonds. The molecule has 3 N–H and O–H groups in total. The highest BCUT2D eigenvalue weighted by molar-refractivity contribution is 7.47. The number of carbonyl (C=O) groups excluding carboxylic acids is 4. The van der Waals surface area contributed by atoms with Crippen molar-refractivity contribution < 1.29 is 80.2 Å². The molecule has 0 saturated carbocycles. The molecule has 6 atom stereocenters. The predicted octanol–water partition coefficient (Wildman–Crippen LogP) is 29.0. The third-order valence-corrected chi connectivity index (χ3v) is 24.2. The van der Waals surface area contributed by atoms with Crippen LogP contribution in [-0.2, 0) is 65.4 Å². The number of hydrogen-bond donors (Lipinski definition) is 3. The molecule has 112 heavy (non-hydrogen) atoms. The predicted molar refractivity (Wildman–Crippen MR) is 465 cm³/mol. The average molecular weight is 1630 g/mol. The van der Waals surface area contributed by atoms with Crippen LogP contribution in [0.5, 0.6) is 0 Å². The summed E-state index contributed by atoms with van der Waals surface area (Å²) in [6, 6.07) is 0. The number of carbonyl (C=O) groups is 4. The van der Waals surface area contributed by atoms with E-state index in [1.54, 1.807) is 0 Å². The van der Waals surface area contributed by atoms with Gasteiger partial charge >= 0.3 is 39.5 Å². The van der Waals surface area contributed by atoms with Crippen molar-refractivity contribution in [1.82, 2.24) is 0 Å². The summed E-state index contributed by atoms with van der Waals surface area (Å²) >= 11 is 0. The van der Waals surface area contributed by atoms with Gasteiger partial charge < -0.3 is 33.8 Å². The van der Waals surface area contributed by atoms with Crippen molar-refractivity contribution in [2.75, 3.05) is 39.6 Å². The molecule has 666 valence electrons. The summed E-state index contributed by atoms with van der Waals surface area (Å²) in [6.07, 6.45) is 79.2. The second-order valence-corrected chi connectivity index (χ2v) is 37.0. The van der Waals surface area contributed by atoms with Crippen molar-refractivity contribution in [2.24, 2.45) is 11.8 Å². The Morgan fingerprint density at radius 2 is 0.455 bits per heavy atom. The topological polar surface area (TPSA) is 237 Å². The van der Waals surface area contributed by atoms with Crippen LogP contribution in [0.4, 0.5) is 0 Å². The summed E-state index contributed by atoms with van der Waals surface area (Å²) in [6.45, 7) is 9.79. The van der Waals surface area contributed by atoms with Crippen molar-refractivity contribution in [3.05, 3.63) is 0 Å². The Morgan fingerprint density at radius 1 is 0.259 bits per heavy atom. The number of phosphoric acid groups is 2. The van der Waals surface area contributed by atoms with Gasteiger partial charge in [-0.15, -0.1) is 0 Å². The van der Waals surface area contributed by atoms with Crippen molar-refractivity contribution in [1.29, 1.82) is 0 Å². The highest BCUT2D eigenvalue weighted by Gasteiger charge is 2.31. The lowest BCUT2D eigenvalue weighted by Gasteiger charge is -2.21. The molecule has 0 aliphatic rings. The van der Waals surface area contributed by atoms with Crippen LogP contribution in [0.2, 0.25) is 0 Å². The quantitative estimate of drug-likeness (QED) is 0.0222. The van der Waals surface area contributed by atoms with E-state index < -0.39 is 97.5 Å². The molecule has 0 radical (unpaired) electrons. The van der Waals surface area contributed by atoms with Crippen LogP contribution in [0, 0.1) is 11.8 Å². The van der Waals surface area contributed by atoms with Gasteiger partial charge in [-0.3, -0.25) is 37.3 Å². The van der Waals surface area contributed by atoms with Crippen LogP contribution < -0.4 is 0 Å². The molecule has 0 spiro atoms. The molecule has 0 fully saturated rings. The van der Waals surface area contributed by atoms with E-state index in [0.717, 1.165) is 102 Å². The van der Waals surface area contributed by atoms with Crippen LogP contribution in [0.3, 0.4) is 0 Å². The van der Waals surface area contributed by atoms with Gasteiger partial charge in [0.2, 0.25) is 0 Å². The minimum absolute atomic E-state index is 0.108. The number of esters is 4. The Morgan fingerprint density at radius 3 is 0.679 bits per heavy atom. The Kier molecular flexibility index (Phi) is 82.6. The van der Waals surface area contributed by atoms with E-state index in [0.29, 0.717) is 25.7 Å². The zero-order chi connectivity index (χ0) is 82.0. The van der Waals surface area contributed by atoms with E-state index >= 15 is 0 Å². The fourth-order valence-electron chi connectivity index (χ4n) is 14.6. The van der Waals surface area contributed by atoms with Crippen LogP contribution in [0.25, 0.3) is 0 Å². The summed E-state index contributed by atoms with van der Waals surface area (Å²) in [5.74, 6) is -0.436. The van der Waals surface area contributed by atoms with E-state index in [2.05, 4.69) is 41.5 Å². The summed E-state index contributed by atoms with van der Waals surface area (Å²) in [4.78, 5) is 73.5. The van der Waals surface area contributed by atoms with Gasteiger partial charge in [0.1, 0.15) is 19.3 Å². The summed E-state index contributed by atoms with van der Waals surface area (Å²) < 4.78 is 69.1. The molecule has 17 nitrogen and oxygen atoms in total. The van der Waals surface area contributed by atoms with Crippen molar-refractivity contribution in [3.8, 4) is 0 Å². The zero-order valence-electron chi connectivity index (χ0n) is 74.0. The van der Waals surface area contributed by atoms with E-state index in [1.807, 2.05) is 0 Å². The standard InChI is InChI=1S/C93H182O17P2/c1-7-10-12-14-16-18-20-22-23-24-25-26-27-28-32-35-40-46-52-58-64-70-76-91(96)104-82-89(109-92(97)77-71-65-59-53-47-41-36-33-30-29-31-34-39-44-50-56-62-68-74-86(6)9-3)84-108-112(101,102)106-80-87(94)79-105-111(99,100)107-83-88(81-103-90(95)75-69-63-57-51-45-21-19-17-15-13-11-8-2)110-93(98)78-72-66-60-54-48-42-37-38-43-49-55-61-67-73-85(4)5/h85-89,94H,7-84H2,1-6H3,(H,99,100)(H,101,102)/t86?,87-,88+,89+/m0/s1. The largest absolute Gasteiger partial charge is 0.472 e. The number of phosphoric ester groups is 2. The fraction of sp³-hybridized carbons (Fsp3) is 0.957. The first kappa shape index (κ1) is 110. The van der Waals surface area contributed by atoms with Crippen molar-refractivity contribution in [3.63, 3.8) is 0 Å². The third kappa shape index (κ3) is 84.5. The van der Waals surface area contributed by atoms with Crippen LogP contribution in [-0.4, -0.2) is 96.7 Å². The van der Waals surface area contributed by atoms with Gasteiger partial charge in [-0.1, -0.05) is 452 Å². The monoisotopic (exact) mass is 1630 g/mol. The maximum atomic E-state index is 13.2. The molecule has 0 rings (SSSR count). The SMILES string of the molecule is CCCCCCCCCCCCCCCCCCCCCCCCC(=O)OC[C@H](COP(=O)(O)OC[C@@H](O)COP(=O)(O)OC[C@@H](COC(=O)CCCCCCCCCCCCCC)OC(=O)CCCCCCCCCCCCCCCC(C)C)OC(=O)CCCCCCCCCCCCCCCCCCCCC(C)CC. The number of unbranched alkanes of at least 4 members (excludes halogenated alkanes) is 61. The molecular weight excluding hydrogens is 1450 g/mol. The first-order valence-corrected chi connectivity index (χ1v) is 51.0. The number of ether oxygens (including phenoxy) is 4. The zero-order valence-corrected chi connectivity index (χ0v) is 75.8. The second-order valence-electron chi connectivity index (χ2n) is 34.1. The maximum Gasteiger partial charge on any atom is 0.472 e. The molecule has 0 aliphatic carbocycles. The molecule has 3 unspecified atom stereocenters. The molecule has 0 aromatic heterocycles. The second kappa shape index (κ2) is 84.1. The van der Waals surface area contributed by atoms with Gasteiger partial charge in [-0.05, 0) is 37.5 Å². The minimum atomic E-state index is -4.97.